The second-order valence-electron chi connectivity index (χ2n) is 6.73. The van der Waals surface area contributed by atoms with Crippen molar-refractivity contribution in [3.63, 3.8) is 0 Å². The average molecular weight is 456 g/mol. The molecule has 0 bridgehead atoms. The summed E-state index contributed by atoms with van der Waals surface area (Å²) in [6.07, 6.45) is -4.60. The first-order chi connectivity index (χ1) is 14.0. The first-order valence-electron chi connectivity index (χ1n) is 8.59. The topological polar surface area (TPSA) is 81.1 Å². The average Bonchev–Trinajstić information content (AvgIpc) is 3.14. The van der Waals surface area contributed by atoms with Crippen LogP contribution in [0.15, 0.2) is 48.5 Å². The highest BCUT2D eigenvalue weighted by Crippen LogP contribution is 2.34. The number of nitrogens with one attached hydrogen (secondary N) is 1. The molecule has 0 spiro atoms. The molecule has 1 amide bonds. The van der Waals surface area contributed by atoms with Gasteiger partial charge in [-0.2, -0.15) is 18.3 Å². The highest BCUT2D eigenvalue weighted by molar-refractivity contribution is 7.90. The summed E-state index contributed by atoms with van der Waals surface area (Å²) in [7, 11) is -3.41. The Morgan fingerprint density at radius 3 is 2.47 bits per heavy atom. The van der Waals surface area contributed by atoms with Gasteiger partial charge in [0.05, 0.1) is 28.5 Å². The molecule has 2 aromatic carbocycles. The Labute approximate surface area is 174 Å². The molecule has 0 unspecified atom stereocenters. The maximum absolute atomic E-state index is 13.0. The van der Waals surface area contributed by atoms with E-state index >= 15 is 0 Å². The Bertz CT molecular complexity index is 1250. The Hall–Kier alpha value is -2.85. The molecule has 156 valence electrons. The van der Waals surface area contributed by atoms with Gasteiger partial charge in [0, 0.05) is 16.1 Å². The first-order valence-corrected chi connectivity index (χ1v) is 10.8. The number of aromatic nitrogens is 2. The third kappa shape index (κ3) is 3.92. The predicted octanol–water partition coefficient (Wildman–Crippen LogP) is 4.23. The van der Waals surface area contributed by atoms with E-state index in [-0.39, 0.29) is 28.6 Å². The molecule has 0 fully saturated rings. The van der Waals surface area contributed by atoms with E-state index in [0.29, 0.717) is 16.3 Å². The van der Waals surface area contributed by atoms with Crippen molar-refractivity contribution in [2.75, 3.05) is 5.32 Å². The second kappa shape index (κ2) is 7.13. The van der Waals surface area contributed by atoms with Crippen LogP contribution in [-0.4, -0.2) is 24.1 Å². The van der Waals surface area contributed by atoms with Crippen LogP contribution in [0.2, 0.25) is 5.02 Å². The summed E-state index contributed by atoms with van der Waals surface area (Å²) in [5.74, 6) is -1.33. The van der Waals surface area contributed by atoms with Crippen LogP contribution >= 0.6 is 11.6 Å². The lowest BCUT2D eigenvalue weighted by molar-refractivity contribution is -0.137. The maximum atomic E-state index is 13.0. The molecule has 0 radical (unpaired) electrons. The maximum Gasteiger partial charge on any atom is 0.416 e. The zero-order valence-electron chi connectivity index (χ0n) is 15.1. The fourth-order valence-corrected chi connectivity index (χ4v) is 4.78. The van der Waals surface area contributed by atoms with Gasteiger partial charge in [0.1, 0.15) is 5.82 Å². The minimum Gasteiger partial charge on any atom is -0.306 e. The van der Waals surface area contributed by atoms with Gasteiger partial charge in [-0.15, -0.1) is 0 Å². The third-order valence-corrected chi connectivity index (χ3v) is 6.24. The molecule has 4 rings (SSSR count). The summed E-state index contributed by atoms with van der Waals surface area (Å²) < 4.78 is 64.3. The van der Waals surface area contributed by atoms with E-state index in [1.165, 1.54) is 10.7 Å². The van der Waals surface area contributed by atoms with Gasteiger partial charge in [-0.25, -0.2) is 13.1 Å². The van der Waals surface area contributed by atoms with Gasteiger partial charge in [-0.05, 0) is 42.5 Å². The van der Waals surface area contributed by atoms with Crippen molar-refractivity contribution in [1.82, 2.24) is 9.78 Å². The Kier molecular flexibility index (Phi) is 4.86. The van der Waals surface area contributed by atoms with Gasteiger partial charge < -0.3 is 5.32 Å². The zero-order chi connectivity index (χ0) is 21.7. The van der Waals surface area contributed by atoms with E-state index in [1.807, 2.05) is 0 Å². The monoisotopic (exact) mass is 455 g/mol. The fourth-order valence-electron chi connectivity index (χ4n) is 3.16. The number of hydrogen-bond acceptors (Lipinski definition) is 4. The van der Waals surface area contributed by atoms with E-state index in [1.54, 1.807) is 24.3 Å². The number of fused-ring (bicyclic) bond motifs is 1. The summed E-state index contributed by atoms with van der Waals surface area (Å²) in [5.41, 5.74) is -0.0856. The number of carbonyl (C=O) groups excluding carboxylic acids is 1. The zero-order valence-corrected chi connectivity index (χ0v) is 16.6. The lowest BCUT2D eigenvalue weighted by Crippen LogP contribution is -2.18. The number of halogens is 4. The number of hydrogen-bond donors (Lipinski definition) is 1. The Balaban J connectivity index is 1.75. The van der Waals surface area contributed by atoms with Crippen molar-refractivity contribution >= 4 is 33.2 Å². The summed E-state index contributed by atoms with van der Waals surface area (Å²) in [6, 6.07) is 10.4. The second-order valence-corrected chi connectivity index (χ2v) is 9.23. The molecule has 3 aromatic rings. The Morgan fingerprint density at radius 2 is 1.80 bits per heavy atom. The van der Waals surface area contributed by atoms with E-state index in [0.717, 1.165) is 18.2 Å². The van der Waals surface area contributed by atoms with Gasteiger partial charge in [0.25, 0.3) is 5.91 Å². The van der Waals surface area contributed by atoms with E-state index < -0.39 is 27.5 Å². The summed E-state index contributed by atoms with van der Waals surface area (Å²) in [4.78, 5) is 12.7. The smallest absolute Gasteiger partial charge is 0.306 e. The van der Waals surface area contributed by atoms with Gasteiger partial charge in [0.2, 0.25) is 0 Å². The van der Waals surface area contributed by atoms with Crippen LogP contribution in [0.4, 0.5) is 19.0 Å². The van der Waals surface area contributed by atoms with Crippen molar-refractivity contribution in [2.24, 2.45) is 0 Å². The Morgan fingerprint density at radius 1 is 1.10 bits per heavy atom. The molecule has 0 saturated carbocycles. The molecule has 1 aliphatic rings. The number of nitrogens with zero attached hydrogens (tertiary/aromatic N) is 2. The molecule has 6 nitrogen and oxygen atoms in total. The molecule has 0 aliphatic carbocycles. The molecule has 1 N–H and O–H groups in total. The summed E-state index contributed by atoms with van der Waals surface area (Å²) in [6.45, 7) is 0. The van der Waals surface area contributed by atoms with E-state index in [2.05, 4.69) is 10.4 Å². The number of alkyl halides is 3. The van der Waals surface area contributed by atoms with Crippen molar-refractivity contribution < 1.29 is 26.4 Å². The van der Waals surface area contributed by atoms with Crippen LogP contribution < -0.4 is 5.32 Å². The third-order valence-electron chi connectivity index (χ3n) is 4.54. The molecule has 11 heteroatoms. The number of rotatable bonds is 3. The lowest BCUT2D eigenvalue weighted by Gasteiger charge is -2.12. The number of amides is 1. The minimum absolute atomic E-state index is 0.0933. The lowest BCUT2D eigenvalue weighted by atomic mass is 10.1. The quantitative estimate of drug-likeness (QED) is 0.641. The van der Waals surface area contributed by atoms with Crippen LogP contribution in [0.3, 0.4) is 0 Å². The van der Waals surface area contributed by atoms with E-state index in [9.17, 15) is 26.4 Å². The van der Waals surface area contributed by atoms with Gasteiger partial charge >= 0.3 is 6.18 Å². The van der Waals surface area contributed by atoms with Crippen molar-refractivity contribution in [2.45, 2.75) is 17.7 Å². The van der Waals surface area contributed by atoms with Crippen LogP contribution in [0.5, 0.6) is 0 Å². The molecular weight excluding hydrogens is 443 g/mol. The first kappa shape index (κ1) is 20.4. The number of benzene rings is 2. The van der Waals surface area contributed by atoms with Crippen LogP contribution in [0, 0.1) is 0 Å². The molecule has 0 saturated heterocycles. The highest BCUT2D eigenvalue weighted by Gasteiger charge is 2.34. The number of anilines is 1. The molecule has 1 aromatic heterocycles. The van der Waals surface area contributed by atoms with Crippen molar-refractivity contribution in [3.8, 4) is 5.69 Å². The normalized spacial score (nSPS) is 15.1. The van der Waals surface area contributed by atoms with E-state index in [4.69, 9.17) is 11.6 Å². The van der Waals surface area contributed by atoms with Gasteiger partial charge in [0.15, 0.2) is 9.84 Å². The van der Waals surface area contributed by atoms with Crippen LogP contribution in [0.1, 0.15) is 27.2 Å². The minimum atomic E-state index is -4.60. The van der Waals surface area contributed by atoms with Crippen molar-refractivity contribution in [1.29, 1.82) is 0 Å². The molecular formula is C19H13ClF3N3O3S. The fraction of sp³-hybridized carbons (Fsp3) is 0.158. The molecule has 30 heavy (non-hydrogen) atoms. The van der Waals surface area contributed by atoms with Crippen LogP contribution in [0.25, 0.3) is 5.69 Å². The van der Waals surface area contributed by atoms with Gasteiger partial charge in [-0.3, -0.25) is 4.79 Å². The predicted molar refractivity (Wildman–Crippen MR) is 104 cm³/mol. The summed E-state index contributed by atoms with van der Waals surface area (Å²) >= 11 is 5.90. The molecule has 2 heterocycles. The van der Waals surface area contributed by atoms with Crippen LogP contribution in [-0.2, 0) is 27.5 Å². The number of carbonyl (C=O) groups is 1. The molecule has 0 atom stereocenters. The largest absolute Gasteiger partial charge is 0.416 e. The SMILES string of the molecule is O=C(Nc1c2c(nn1-c1ccc(Cl)cc1)CS(=O)(=O)C2)c1cccc(C(F)(F)F)c1. The standard InChI is InChI=1S/C19H13ClF3N3O3S/c20-13-4-6-14(7-5-13)26-17(15-9-30(28,29)10-16(15)25-26)24-18(27)11-2-1-3-12(8-11)19(21,22)23/h1-8H,9-10H2,(H,24,27). The summed E-state index contributed by atoms with van der Waals surface area (Å²) in [5, 5.41) is 7.29. The van der Waals surface area contributed by atoms with Gasteiger partial charge in [-0.1, -0.05) is 17.7 Å². The number of sulfone groups is 1. The highest BCUT2D eigenvalue weighted by atomic mass is 35.5. The molecule has 1 aliphatic heterocycles. The van der Waals surface area contributed by atoms with Crippen molar-refractivity contribution in [3.05, 3.63) is 75.9 Å².